The van der Waals surface area contributed by atoms with Gasteiger partial charge in [-0.3, -0.25) is 9.88 Å². The molecule has 0 saturated carbocycles. The molecule has 3 rings (SSSR count). The predicted octanol–water partition coefficient (Wildman–Crippen LogP) is 2.71. The Hall–Kier alpha value is -1.71. The zero-order valence-corrected chi connectivity index (χ0v) is 12.8. The summed E-state index contributed by atoms with van der Waals surface area (Å²) in [5, 5.41) is 3.54. The lowest BCUT2D eigenvalue weighted by atomic mass is 9.88. The standard InChI is InChI=1S/C18H23N3/c1-15-10-16(12-20-11-15)13-21-9-8-19-14-18(21,2)17-6-4-3-5-7-17/h3-7,10-12,19H,8-9,13-14H2,1-2H3. The fourth-order valence-corrected chi connectivity index (χ4v) is 3.16. The summed E-state index contributed by atoms with van der Waals surface area (Å²) in [6, 6.07) is 13.0. The molecule has 21 heavy (non-hydrogen) atoms. The maximum atomic E-state index is 4.33. The lowest BCUT2D eigenvalue weighted by Crippen LogP contribution is -2.56. The number of aryl methyl sites for hydroxylation is 1. The third-order valence-corrected chi connectivity index (χ3v) is 4.43. The van der Waals surface area contributed by atoms with Gasteiger partial charge in [-0.25, -0.2) is 0 Å². The van der Waals surface area contributed by atoms with Crippen molar-refractivity contribution in [3.05, 3.63) is 65.5 Å². The minimum absolute atomic E-state index is 0.0310. The Morgan fingerprint density at radius 2 is 2.05 bits per heavy atom. The van der Waals surface area contributed by atoms with Crippen LogP contribution in [0.15, 0.2) is 48.8 Å². The van der Waals surface area contributed by atoms with E-state index in [1.165, 1.54) is 16.7 Å². The number of hydrogen-bond acceptors (Lipinski definition) is 3. The van der Waals surface area contributed by atoms with Crippen LogP contribution in [0, 0.1) is 6.92 Å². The van der Waals surface area contributed by atoms with E-state index in [4.69, 9.17) is 0 Å². The Balaban J connectivity index is 1.88. The molecular weight excluding hydrogens is 258 g/mol. The molecule has 110 valence electrons. The molecular formula is C18H23N3. The first-order valence-electron chi connectivity index (χ1n) is 7.60. The number of hydrogen-bond donors (Lipinski definition) is 1. The van der Waals surface area contributed by atoms with Crippen molar-refractivity contribution in [2.24, 2.45) is 0 Å². The van der Waals surface area contributed by atoms with Gasteiger partial charge in [0.25, 0.3) is 0 Å². The molecule has 1 saturated heterocycles. The molecule has 0 bridgehead atoms. The second-order valence-electron chi connectivity index (χ2n) is 6.11. The molecule has 1 aliphatic rings. The molecule has 3 nitrogen and oxygen atoms in total. The van der Waals surface area contributed by atoms with Crippen molar-refractivity contribution in [2.75, 3.05) is 19.6 Å². The molecule has 0 spiro atoms. The fraction of sp³-hybridized carbons (Fsp3) is 0.389. The molecule has 1 aromatic carbocycles. The van der Waals surface area contributed by atoms with Crippen molar-refractivity contribution in [3.8, 4) is 0 Å². The van der Waals surface area contributed by atoms with Gasteiger partial charge in [0.2, 0.25) is 0 Å². The van der Waals surface area contributed by atoms with E-state index in [9.17, 15) is 0 Å². The summed E-state index contributed by atoms with van der Waals surface area (Å²) in [5.74, 6) is 0. The summed E-state index contributed by atoms with van der Waals surface area (Å²) in [4.78, 5) is 6.89. The van der Waals surface area contributed by atoms with Gasteiger partial charge in [-0.1, -0.05) is 36.4 Å². The van der Waals surface area contributed by atoms with E-state index in [2.05, 4.69) is 65.4 Å². The fourth-order valence-electron chi connectivity index (χ4n) is 3.16. The van der Waals surface area contributed by atoms with Gasteiger partial charge in [0.15, 0.2) is 0 Å². The van der Waals surface area contributed by atoms with Crippen molar-refractivity contribution < 1.29 is 0 Å². The van der Waals surface area contributed by atoms with E-state index in [1.54, 1.807) is 0 Å². The Morgan fingerprint density at radius 3 is 2.81 bits per heavy atom. The molecule has 1 atom stereocenters. The van der Waals surface area contributed by atoms with Gasteiger partial charge in [-0.05, 0) is 30.5 Å². The van der Waals surface area contributed by atoms with E-state index < -0.39 is 0 Å². The molecule has 1 N–H and O–H groups in total. The molecule has 0 aliphatic carbocycles. The maximum Gasteiger partial charge on any atom is 0.0561 e. The van der Waals surface area contributed by atoms with E-state index >= 15 is 0 Å². The van der Waals surface area contributed by atoms with Crippen LogP contribution in [-0.2, 0) is 12.1 Å². The van der Waals surface area contributed by atoms with Gasteiger partial charge in [0, 0.05) is 38.6 Å². The lowest BCUT2D eigenvalue weighted by molar-refractivity contribution is 0.0649. The van der Waals surface area contributed by atoms with E-state index in [0.717, 1.165) is 26.2 Å². The number of nitrogens with zero attached hydrogens (tertiary/aromatic N) is 2. The topological polar surface area (TPSA) is 28.2 Å². The van der Waals surface area contributed by atoms with Crippen LogP contribution in [0.3, 0.4) is 0 Å². The third kappa shape index (κ3) is 2.99. The molecule has 1 aliphatic heterocycles. The second kappa shape index (κ2) is 5.96. The second-order valence-corrected chi connectivity index (χ2v) is 6.11. The molecule has 0 radical (unpaired) electrons. The van der Waals surface area contributed by atoms with Crippen molar-refractivity contribution in [2.45, 2.75) is 25.9 Å². The lowest BCUT2D eigenvalue weighted by Gasteiger charge is -2.45. The molecule has 2 heterocycles. The largest absolute Gasteiger partial charge is 0.313 e. The highest BCUT2D eigenvalue weighted by atomic mass is 15.3. The number of benzene rings is 1. The number of rotatable bonds is 3. The summed E-state index contributed by atoms with van der Waals surface area (Å²) in [5.41, 5.74) is 3.92. The van der Waals surface area contributed by atoms with Gasteiger partial charge in [0.05, 0.1) is 5.54 Å². The smallest absolute Gasteiger partial charge is 0.0561 e. The Bertz CT molecular complexity index is 596. The zero-order valence-electron chi connectivity index (χ0n) is 12.8. The summed E-state index contributed by atoms with van der Waals surface area (Å²) >= 11 is 0. The highest BCUT2D eigenvalue weighted by molar-refractivity contribution is 5.26. The average Bonchev–Trinajstić information content (AvgIpc) is 2.51. The van der Waals surface area contributed by atoms with Gasteiger partial charge in [-0.15, -0.1) is 0 Å². The Morgan fingerprint density at radius 1 is 1.24 bits per heavy atom. The highest BCUT2D eigenvalue weighted by Gasteiger charge is 2.35. The summed E-state index contributed by atoms with van der Waals surface area (Å²) in [6.45, 7) is 8.46. The van der Waals surface area contributed by atoms with E-state index in [0.29, 0.717) is 0 Å². The summed E-state index contributed by atoms with van der Waals surface area (Å²) in [6.07, 6.45) is 3.90. The predicted molar refractivity (Wildman–Crippen MR) is 86.0 cm³/mol. The molecule has 0 amide bonds. The van der Waals surface area contributed by atoms with Crippen molar-refractivity contribution in [1.29, 1.82) is 0 Å². The number of pyridine rings is 1. The average molecular weight is 281 g/mol. The van der Waals surface area contributed by atoms with Crippen LogP contribution in [0.4, 0.5) is 0 Å². The van der Waals surface area contributed by atoms with Crippen molar-refractivity contribution in [3.63, 3.8) is 0 Å². The molecule has 2 aromatic rings. The molecule has 3 heteroatoms. The Labute approximate surface area is 127 Å². The van der Waals surface area contributed by atoms with E-state index in [1.807, 2.05) is 12.4 Å². The highest BCUT2D eigenvalue weighted by Crippen LogP contribution is 2.30. The van der Waals surface area contributed by atoms with Crippen molar-refractivity contribution >= 4 is 0 Å². The normalized spacial score (nSPS) is 23.1. The van der Waals surface area contributed by atoms with Gasteiger partial charge in [0.1, 0.15) is 0 Å². The minimum Gasteiger partial charge on any atom is -0.313 e. The Kier molecular flexibility index (Phi) is 4.04. The van der Waals surface area contributed by atoms with Gasteiger partial charge < -0.3 is 5.32 Å². The first-order chi connectivity index (χ1) is 10.2. The number of aromatic nitrogens is 1. The first-order valence-corrected chi connectivity index (χ1v) is 7.60. The quantitative estimate of drug-likeness (QED) is 0.937. The SMILES string of the molecule is Cc1cncc(CN2CCNCC2(C)c2ccccc2)c1. The van der Waals surface area contributed by atoms with Crippen LogP contribution in [0.25, 0.3) is 0 Å². The molecule has 1 fully saturated rings. The van der Waals surface area contributed by atoms with Crippen LogP contribution < -0.4 is 5.32 Å². The monoisotopic (exact) mass is 281 g/mol. The van der Waals surface area contributed by atoms with Crippen LogP contribution in [0.5, 0.6) is 0 Å². The number of piperazine rings is 1. The van der Waals surface area contributed by atoms with Crippen LogP contribution in [-0.4, -0.2) is 29.5 Å². The van der Waals surface area contributed by atoms with Gasteiger partial charge >= 0.3 is 0 Å². The molecule has 1 aromatic heterocycles. The van der Waals surface area contributed by atoms with Gasteiger partial charge in [-0.2, -0.15) is 0 Å². The summed E-state index contributed by atoms with van der Waals surface area (Å²) < 4.78 is 0. The minimum atomic E-state index is 0.0310. The zero-order chi connectivity index (χ0) is 14.7. The summed E-state index contributed by atoms with van der Waals surface area (Å²) in [7, 11) is 0. The van der Waals surface area contributed by atoms with Crippen LogP contribution >= 0.6 is 0 Å². The van der Waals surface area contributed by atoms with Crippen molar-refractivity contribution in [1.82, 2.24) is 15.2 Å². The van der Waals surface area contributed by atoms with Crippen LogP contribution in [0.1, 0.15) is 23.6 Å². The number of nitrogens with one attached hydrogen (secondary N) is 1. The van der Waals surface area contributed by atoms with E-state index in [-0.39, 0.29) is 5.54 Å². The third-order valence-electron chi connectivity index (χ3n) is 4.43. The maximum absolute atomic E-state index is 4.33. The van der Waals surface area contributed by atoms with Crippen LogP contribution in [0.2, 0.25) is 0 Å². The first kappa shape index (κ1) is 14.2. The molecule has 1 unspecified atom stereocenters.